The van der Waals surface area contributed by atoms with Crippen LogP contribution in [0, 0.1) is 7.05 Å². The van der Waals surface area contributed by atoms with E-state index in [4.69, 9.17) is 16.5 Å². The Bertz CT molecular complexity index is 764. The van der Waals surface area contributed by atoms with Gasteiger partial charge in [-0.1, -0.05) is 19.2 Å². The predicted octanol–water partition coefficient (Wildman–Crippen LogP) is 3.30. The van der Waals surface area contributed by atoms with Crippen molar-refractivity contribution in [3.05, 3.63) is 55.6 Å². The Balaban J connectivity index is 1.95. The van der Waals surface area contributed by atoms with Gasteiger partial charge in [0.05, 0.1) is 25.8 Å². The highest BCUT2D eigenvalue weighted by Gasteiger charge is 2.14. The van der Waals surface area contributed by atoms with E-state index in [1.165, 1.54) is 11.5 Å². The zero-order chi connectivity index (χ0) is 15.5. The molecule has 0 aliphatic rings. The first-order valence-corrected chi connectivity index (χ1v) is 7.46. The summed E-state index contributed by atoms with van der Waals surface area (Å²) in [7, 11) is 9.34. The van der Waals surface area contributed by atoms with Crippen LogP contribution in [0.2, 0.25) is 0 Å². The molecule has 0 spiro atoms. The number of hydrogen-bond donors (Lipinski definition) is 0. The highest BCUT2D eigenvalue weighted by atomic mass is 32.1. The Morgan fingerprint density at radius 1 is 0.864 bits per heavy atom. The molecule has 0 saturated carbocycles. The molecule has 0 amide bonds. The van der Waals surface area contributed by atoms with Gasteiger partial charge in [-0.3, -0.25) is 0 Å². The number of methoxy groups -OCH3 is 2. The van der Waals surface area contributed by atoms with Crippen molar-refractivity contribution in [3.8, 4) is 33.5 Å². The highest BCUT2D eigenvalue weighted by molar-refractivity contribution is 7.05. The zero-order valence-electron chi connectivity index (χ0n) is 12.3. The molecule has 0 aliphatic heterocycles. The van der Waals surface area contributed by atoms with Crippen LogP contribution in [0.25, 0.3) is 22.0 Å². The molecular weight excluding hydrogens is 296 g/mol. The molecule has 0 saturated heterocycles. The minimum Gasteiger partial charge on any atom is -0.497 e. The summed E-state index contributed by atoms with van der Waals surface area (Å²) < 4.78 is 11.9. The average molecular weight is 311 g/mol. The van der Waals surface area contributed by atoms with Crippen LogP contribution in [-0.2, 0) is 0 Å². The second-order valence-corrected chi connectivity index (χ2v) is 5.58. The second-order valence-electron chi connectivity index (χ2n) is 4.61. The van der Waals surface area contributed by atoms with E-state index >= 15 is 0 Å². The molecule has 5 heteroatoms. The van der Waals surface area contributed by atoms with Crippen molar-refractivity contribution in [1.29, 1.82) is 0 Å². The van der Waals surface area contributed by atoms with Crippen molar-refractivity contribution < 1.29 is 13.4 Å². The molecule has 111 valence electrons. The van der Waals surface area contributed by atoms with Gasteiger partial charge in [-0.25, -0.2) is 0 Å². The molecule has 1 heterocycles. The van der Waals surface area contributed by atoms with Gasteiger partial charge < -0.3 is 13.4 Å². The zero-order valence-corrected chi connectivity index (χ0v) is 13.1. The van der Waals surface area contributed by atoms with Gasteiger partial charge in [-0.2, -0.15) is 0 Å². The number of rotatable bonds is 4. The smallest absolute Gasteiger partial charge is 0.248 e. The van der Waals surface area contributed by atoms with Crippen LogP contribution in [-0.4, -0.2) is 19.2 Å². The lowest BCUT2D eigenvalue weighted by Crippen LogP contribution is -2.21. The number of nitrogens with zero attached hydrogens (tertiary/aromatic N) is 2. The van der Waals surface area contributed by atoms with Crippen LogP contribution in [0.5, 0.6) is 11.5 Å². The minimum atomic E-state index is 0.721. The molecule has 0 bridgehead atoms. The van der Waals surface area contributed by atoms with Gasteiger partial charge in [0.15, 0.2) is 5.82 Å². The normalized spacial score (nSPS) is 10.5. The van der Waals surface area contributed by atoms with Gasteiger partial charge in [-0.05, 0) is 42.0 Å². The maximum Gasteiger partial charge on any atom is 0.248 e. The second kappa shape index (κ2) is 6.07. The van der Waals surface area contributed by atoms with E-state index in [1.807, 2.05) is 48.5 Å². The maximum absolute atomic E-state index is 6.05. The minimum absolute atomic E-state index is 0.721. The molecule has 0 aliphatic carbocycles. The third-order valence-electron chi connectivity index (χ3n) is 3.29. The molecule has 0 fully saturated rings. The van der Waals surface area contributed by atoms with Crippen LogP contribution in [0.15, 0.2) is 48.5 Å². The molecule has 22 heavy (non-hydrogen) atoms. The first-order chi connectivity index (χ1) is 10.7. The van der Waals surface area contributed by atoms with E-state index in [9.17, 15) is 0 Å². The summed E-state index contributed by atoms with van der Waals surface area (Å²) in [6.07, 6.45) is 0. The molecule has 2 aromatic carbocycles. The molecule has 3 rings (SSSR count). The van der Waals surface area contributed by atoms with E-state index in [1.54, 1.807) is 18.2 Å². The summed E-state index contributed by atoms with van der Waals surface area (Å²) in [4.78, 5) is 4.64. The van der Waals surface area contributed by atoms with Crippen LogP contribution in [0.4, 0.5) is 0 Å². The summed E-state index contributed by atoms with van der Waals surface area (Å²) in [5, 5.41) is 0.857. The molecule has 0 unspecified atom stereocenters. The Hall–Kier alpha value is -2.53. The van der Waals surface area contributed by atoms with Crippen molar-refractivity contribution in [2.45, 2.75) is 0 Å². The summed E-state index contributed by atoms with van der Waals surface area (Å²) in [6, 6.07) is 15.4. The third kappa shape index (κ3) is 2.76. The molecule has 4 nitrogen and oxygen atoms in total. The van der Waals surface area contributed by atoms with E-state index in [-0.39, 0.29) is 0 Å². The first kappa shape index (κ1) is 14.4. The Morgan fingerprint density at radius 3 is 1.86 bits per heavy atom. The Labute approximate surface area is 133 Å². The summed E-state index contributed by atoms with van der Waals surface area (Å²) in [6.45, 7) is 0. The fourth-order valence-corrected chi connectivity index (χ4v) is 2.87. The Morgan fingerprint density at radius 2 is 1.36 bits per heavy atom. The van der Waals surface area contributed by atoms with Crippen molar-refractivity contribution >= 4 is 11.5 Å². The van der Waals surface area contributed by atoms with Crippen molar-refractivity contribution in [3.63, 3.8) is 0 Å². The molecule has 1 aromatic heterocycles. The molecule has 1 radical (unpaired) electrons. The first-order valence-electron chi connectivity index (χ1n) is 6.68. The number of hydrogen-bond acceptors (Lipinski definition) is 4. The van der Waals surface area contributed by atoms with Crippen LogP contribution in [0.1, 0.15) is 0 Å². The highest BCUT2D eigenvalue weighted by Crippen LogP contribution is 2.27. The van der Waals surface area contributed by atoms with Gasteiger partial charge >= 0.3 is 0 Å². The number of benzene rings is 2. The fraction of sp³-hybridized carbons (Fsp3) is 0.118. The molecular formula is C17H15N2O2S. The third-order valence-corrected chi connectivity index (χ3v) is 4.16. The lowest BCUT2D eigenvalue weighted by Gasteiger charge is -2.02. The van der Waals surface area contributed by atoms with E-state index in [0.717, 1.165) is 33.5 Å². The summed E-state index contributed by atoms with van der Waals surface area (Å²) in [5.41, 5.74) is 1.95. The monoisotopic (exact) mass is 311 g/mol. The van der Waals surface area contributed by atoms with Gasteiger partial charge in [0.2, 0.25) is 5.01 Å². The Kier molecular flexibility index (Phi) is 3.98. The quantitative estimate of drug-likeness (QED) is 0.548. The molecule has 0 atom stereocenters. The molecule has 3 aromatic rings. The van der Waals surface area contributed by atoms with E-state index in [2.05, 4.69) is 4.98 Å². The summed E-state index contributed by atoms with van der Waals surface area (Å²) in [5.74, 6) is 2.34. The summed E-state index contributed by atoms with van der Waals surface area (Å²) >= 11 is 1.40. The fourth-order valence-electron chi connectivity index (χ4n) is 2.08. The van der Waals surface area contributed by atoms with Crippen LogP contribution < -0.4 is 13.4 Å². The standard InChI is InChI=1S/C17H15N2O2S/c1-19-16(12-4-8-14(20-2)9-5-12)18-17(22-19)13-6-10-15(21-3)11-7-13/h1,4-11H,2-3H3. The van der Waals surface area contributed by atoms with Gasteiger partial charge in [0.25, 0.3) is 0 Å². The van der Waals surface area contributed by atoms with Crippen molar-refractivity contribution in [2.24, 2.45) is 0 Å². The van der Waals surface area contributed by atoms with Crippen molar-refractivity contribution in [2.75, 3.05) is 14.2 Å². The predicted molar refractivity (Wildman–Crippen MR) is 86.0 cm³/mol. The van der Waals surface area contributed by atoms with Gasteiger partial charge in [0.1, 0.15) is 11.5 Å². The van der Waals surface area contributed by atoms with Gasteiger partial charge in [0, 0.05) is 5.56 Å². The van der Waals surface area contributed by atoms with Gasteiger partial charge in [-0.15, -0.1) is 4.98 Å². The topological polar surface area (TPSA) is 35.2 Å². The van der Waals surface area contributed by atoms with Crippen LogP contribution in [0.3, 0.4) is 0 Å². The van der Waals surface area contributed by atoms with Crippen molar-refractivity contribution in [1.82, 2.24) is 4.98 Å². The van der Waals surface area contributed by atoms with E-state index < -0.39 is 0 Å². The molecule has 0 N–H and O–H groups in total. The SMILES string of the molecule is [CH-][n+]1sc(-c2ccc(OC)cc2)nc1-c1ccc(OC)cc1. The van der Waals surface area contributed by atoms with E-state index in [0.29, 0.717) is 0 Å². The van der Waals surface area contributed by atoms with Crippen LogP contribution >= 0.6 is 11.5 Å². The largest absolute Gasteiger partial charge is 0.497 e. The maximum atomic E-state index is 6.05. The number of ether oxygens (including phenoxy) is 2. The number of aromatic nitrogens is 2. The average Bonchev–Trinajstić information content (AvgIpc) is 2.97. The lowest BCUT2D eigenvalue weighted by atomic mass is 10.2. The lowest BCUT2D eigenvalue weighted by molar-refractivity contribution is -0.527.